The van der Waals surface area contributed by atoms with Gasteiger partial charge in [0.1, 0.15) is 11.9 Å². The zero-order chi connectivity index (χ0) is 16.7. The van der Waals surface area contributed by atoms with E-state index in [0.29, 0.717) is 24.8 Å². The maximum atomic E-state index is 13.2. The van der Waals surface area contributed by atoms with Gasteiger partial charge >= 0.3 is 5.97 Å². The van der Waals surface area contributed by atoms with Crippen LogP contribution >= 0.6 is 0 Å². The summed E-state index contributed by atoms with van der Waals surface area (Å²) in [5.74, 6) is -1.61. The van der Waals surface area contributed by atoms with E-state index < -0.39 is 12.0 Å². The second-order valence-corrected chi connectivity index (χ2v) is 5.71. The molecule has 0 aliphatic heterocycles. The van der Waals surface area contributed by atoms with E-state index in [2.05, 4.69) is 5.32 Å². The number of halogens is 1. The van der Waals surface area contributed by atoms with Gasteiger partial charge in [0.05, 0.1) is 0 Å². The van der Waals surface area contributed by atoms with E-state index in [4.69, 9.17) is 5.11 Å². The van der Waals surface area contributed by atoms with E-state index in [1.807, 2.05) is 6.92 Å². The van der Waals surface area contributed by atoms with Crippen molar-refractivity contribution in [3.8, 4) is 0 Å². The molecule has 4 nitrogen and oxygen atoms in total. The third-order valence-electron chi connectivity index (χ3n) is 3.89. The van der Waals surface area contributed by atoms with Crippen LogP contribution in [0.2, 0.25) is 0 Å². The lowest BCUT2D eigenvalue weighted by atomic mass is 9.99. The molecule has 0 saturated heterocycles. The van der Waals surface area contributed by atoms with Gasteiger partial charge in [-0.2, -0.15) is 0 Å². The zero-order valence-electron chi connectivity index (χ0n) is 13.4. The first-order chi connectivity index (χ1) is 10.3. The number of carbonyl (C=O) groups is 2. The minimum atomic E-state index is -1.00. The molecule has 0 bridgehead atoms. The Morgan fingerprint density at radius 2 is 2.05 bits per heavy atom. The Morgan fingerprint density at radius 3 is 2.59 bits per heavy atom. The summed E-state index contributed by atoms with van der Waals surface area (Å²) in [4.78, 5) is 23.0. The quantitative estimate of drug-likeness (QED) is 0.775. The molecule has 1 amide bonds. The fourth-order valence-corrected chi connectivity index (χ4v) is 2.24. The number of hydrogen-bond acceptors (Lipinski definition) is 2. The lowest BCUT2D eigenvalue weighted by Crippen LogP contribution is -2.44. The second-order valence-electron chi connectivity index (χ2n) is 5.71. The highest BCUT2D eigenvalue weighted by molar-refractivity contribution is 5.83. The predicted molar refractivity (Wildman–Crippen MR) is 83.1 cm³/mol. The van der Waals surface area contributed by atoms with Gasteiger partial charge in [0.25, 0.3) is 0 Å². The number of aryl methyl sites for hydroxylation is 2. The summed E-state index contributed by atoms with van der Waals surface area (Å²) in [6.45, 7) is 5.40. The molecular formula is C17H24FNO3. The van der Waals surface area contributed by atoms with Crippen molar-refractivity contribution in [1.82, 2.24) is 5.32 Å². The van der Waals surface area contributed by atoms with Crippen LogP contribution in [0.3, 0.4) is 0 Å². The first kappa shape index (κ1) is 18.1. The lowest BCUT2D eigenvalue weighted by Gasteiger charge is -2.20. The summed E-state index contributed by atoms with van der Waals surface area (Å²) < 4.78 is 13.2. The van der Waals surface area contributed by atoms with Crippen molar-refractivity contribution in [3.63, 3.8) is 0 Å². The van der Waals surface area contributed by atoms with Gasteiger partial charge in [0.2, 0.25) is 5.91 Å². The third-order valence-corrected chi connectivity index (χ3v) is 3.89. The van der Waals surface area contributed by atoms with E-state index in [-0.39, 0.29) is 24.1 Å². The smallest absolute Gasteiger partial charge is 0.326 e. The molecule has 2 unspecified atom stereocenters. The van der Waals surface area contributed by atoms with Gasteiger partial charge in [0, 0.05) is 6.42 Å². The molecule has 0 aliphatic carbocycles. The Balaban J connectivity index is 2.45. The van der Waals surface area contributed by atoms with Gasteiger partial charge in [-0.05, 0) is 42.9 Å². The van der Waals surface area contributed by atoms with Crippen LogP contribution in [0.1, 0.15) is 44.2 Å². The van der Waals surface area contributed by atoms with Gasteiger partial charge in [-0.1, -0.05) is 32.4 Å². The summed E-state index contributed by atoms with van der Waals surface area (Å²) in [6.07, 6.45) is 2.21. The van der Waals surface area contributed by atoms with E-state index >= 15 is 0 Å². The summed E-state index contributed by atoms with van der Waals surface area (Å²) in [5.41, 5.74) is 1.56. The van der Waals surface area contributed by atoms with Crippen molar-refractivity contribution < 1.29 is 19.1 Å². The number of carboxylic acid groups (broad SMARTS) is 1. The number of carbonyl (C=O) groups excluding carboxylic acids is 1. The number of aliphatic carboxylic acids is 1. The number of rotatable bonds is 8. The SMILES string of the molecule is CCC(C)C(NC(=O)CCCc1ccc(F)c(C)c1)C(=O)O. The molecule has 0 radical (unpaired) electrons. The van der Waals surface area contributed by atoms with Crippen LogP contribution < -0.4 is 5.32 Å². The number of hydrogen-bond donors (Lipinski definition) is 2. The summed E-state index contributed by atoms with van der Waals surface area (Å²) >= 11 is 0. The molecule has 0 heterocycles. The first-order valence-electron chi connectivity index (χ1n) is 7.62. The highest BCUT2D eigenvalue weighted by atomic mass is 19.1. The number of nitrogens with one attached hydrogen (secondary N) is 1. The van der Waals surface area contributed by atoms with Crippen LogP contribution in [0, 0.1) is 18.7 Å². The number of carboxylic acids is 1. The summed E-state index contributed by atoms with van der Waals surface area (Å²) in [5, 5.41) is 11.7. The Morgan fingerprint density at radius 1 is 1.36 bits per heavy atom. The highest BCUT2D eigenvalue weighted by Crippen LogP contribution is 2.12. The van der Waals surface area contributed by atoms with Crippen LogP contribution in [0.25, 0.3) is 0 Å². The van der Waals surface area contributed by atoms with Crippen molar-refractivity contribution in [3.05, 3.63) is 35.1 Å². The summed E-state index contributed by atoms with van der Waals surface area (Å²) in [7, 11) is 0. The molecular weight excluding hydrogens is 285 g/mol. The molecule has 1 rings (SSSR count). The average Bonchev–Trinajstić information content (AvgIpc) is 2.47. The molecule has 0 aromatic heterocycles. The van der Waals surface area contributed by atoms with Gasteiger partial charge in [-0.15, -0.1) is 0 Å². The monoisotopic (exact) mass is 309 g/mol. The van der Waals surface area contributed by atoms with E-state index in [1.165, 1.54) is 6.07 Å². The molecule has 1 aromatic rings. The van der Waals surface area contributed by atoms with Crippen molar-refractivity contribution in [1.29, 1.82) is 0 Å². The van der Waals surface area contributed by atoms with Gasteiger partial charge in [0.15, 0.2) is 0 Å². The van der Waals surface area contributed by atoms with Crippen molar-refractivity contribution >= 4 is 11.9 Å². The molecule has 122 valence electrons. The Hall–Kier alpha value is -1.91. The highest BCUT2D eigenvalue weighted by Gasteiger charge is 2.24. The maximum absolute atomic E-state index is 13.2. The first-order valence-corrected chi connectivity index (χ1v) is 7.62. The molecule has 0 saturated carbocycles. The fourth-order valence-electron chi connectivity index (χ4n) is 2.24. The standard InChI is InChI=1S/C17H24FNO3/c1-4-11(2)16(17(21)22)19-15(20)7-5-6-13-8-9-14(18)12(3)10-13/h8-11,16H,4-7H2,1-3H3,(H,19,20)(H,21,22). The predicted octanol–water partition coefficient (Wildman–Crippen LogP) is 3.07. The molecule has 22 heavy (non-hydrogen) atoms. The van der Waals surface area contributed by atoms with Gasteiger partial charge in [-0.3, -0.25) is 4.79 Å². The van der Waals surface area contributed by atoms with Gasteiger partial charge in [-0.25, -0.2) is 9.18 Å². The van der Waals surface area contributed by atoms with E-state index in [0.717, 1.165) is 5.56 Å². The topological polar surface area (TPSA) is 66.4 Å². The maximum Gasteiger partial charge on any atom is 0.326 e. The van der Waals surface area contributed by atoms with Crippen LogP contribution in [-0.2, 0) is 16.0 Å². The van der Waals surface area contributed by atoms with Crippen LogP contribution in [-0.4, -0.2) is 23.0 Å². The number of benzene rings is 1. The van der Waals surface area contributed by atoms with Crippen molar-refractivity contribution in [2.24, 2.45) is 5.92 Å². The average molecular weight is 309 g/mol. The Labute approximate surface area is 130 Å². The van der Waals surface area contributed by atoms with E-state index in [9.17, 15) is 14.0 Å². The van der Waals surface area contributed by atoms with Crippen LogP contribution in [0.4, 0.5) is 4.39 Å². The van der Waals surface area contributed by atoms with Gasteiger partial charge < -0.3 is 10.4 Å². The molecule has 2 atom stereocenters. The minimum absolute atomic E-state index is 0.110. The normalized spacial score (nSPS) is 13.5. The van der Waals surface area contributed by atoms with E-state index in [1.54, 1.807) is 26.0 Å². The Kier molecular flexibility index (Phi) is 7.02. The summed E-state index contributed by atoms with van der Waals surface area (Å²) in [6, 6.07) is 4.06. The Bertz CT molecular complexity index is 531. The molecule has 0 fully saturated rings. The molecule has 0 spiro atoms. The second kappa shape index (κ2) is 8.51. The molecule has 0 aliphatic rings. The number of amides is 1. The largest absolute Gasteiger partial charge is 0.480 e. The molecule has 1 aromatic carbocycles. The van der Waals surface area contributed by atoms with Crippen LogP contribution in [0.5, 0.6) is 0 Å². The zero-order valence-corrected chi connectivity index (χ0v) is 13.4. The third kappa shape index (κ3) is 5.47. The minimum Gasteiger partial charge on any atom is -0.480 e. The lowest BCUT2D eigenvalue weighted by molar-refractivity contribution is -0.143. The van der Waals surface area contributed by atoms with Crippen molar-refractivity contribution in [2.75, 3.05) is 0 Å². The van der Waals surface area contributed by atoms with Crippen LogP contribution in [0.15, 0.2) is 18.2 Å². The fraction of sp³-hybridized carbons (Fsp3) is 0.529. The van der Waals surface area contributed by atoms with Crippen molar-refractivity contribution in [2.45, 2.75) is 52.5 Å². The molecule has 2 N–H and O–H groups in total. The molecule has 5 heteroatoms.